The molecule has 7 nitrogen and oxygen atoms in total. The van der Waals surface area contributed by atoms with Crippen LogP contribution in [0.4, 0.5) is 5.69 Å². The highest BCUT2D eigenvalue weighted by atomic mass is 16.3. The SMILES string of the molecule is Cc1c(CC(=O)c2ccc(CO)cn2)cccc1-c1cccc(NC(=O)c2ccc(CO)cn2)c1C. The van der Waals surface area contributed by atoms with Gasteiger partial charge < -0.3 is 15.5 Å². The number of Topliss-reactive ketones (excluding diaryl/α,β-unsaturated/α-hetero) is 1. The normalized spacial score (nSPS) is 10.8. The Morgan fingerprint density at radius 1 is 0.750 bits per heavy atom. The van der Waals surface area contributed by atoms with E-state index in [1.165, 1.54) is 12.4 Å². The first-order valence-corrected chi connectivity index (χ1v) is 11.6. The van der Waals surface area contributed by atoms with Gasteiger partial charge in [-0.2, -0.15) is 0 Å². The lowest BCUT2D eigenvalue weighted by Gasteiger charge is -2.16. The first kappa shape index (κ1) is 24.9. The predicted molar refractivity (Wildman–Crippen MR) is 138 cm³/mol. The molecule has 4 aromatic rings. The second-order valence-corrected chi connectivity index (χ2v) is 8.54. The summed E-state index contributed by atoms with van der Waals surface area (Å²) in [5.74, 6) is -0.437. The number of aliphatic hydroxyl groups excluding tert-OH is 2. The zero-order valence-corrected chi connectivity index (χ0v) is 20.2. The largest absolute Gasteiger partial charge is 0.392 e. The number of amides is 1. The number of anilines is 1. The highest BCUT2D eigenvalue weighted by molar-refractivity contribution is 6.04. The average molecular weight is 482 g/mol. The number of rotatable bonds is 8. The number of carbonyl (C=O) groups excluding carboxylic acids is 2. The third-order valence-electron chi connectivity index (χ3n) is 6.20. The zero-order chi connectivity index (χ0) is 25.7. The molecule has 182 valence electrons. The van der Waals surface area contributed by atoms with E-state index in [1.54, 1.807) is 24.3 Å². The Balaban J connectivity index is 1.58. The van der Waals surface area contributed by atoms with Crippen molar-refractivity contribution in [3.63, 3.8) is 0 Å². The second-order valence-electron chi connectivity index (χ2n) is 8.54. The molecule has 0 saturated heterocycles. The van der Waals surface area contributed by atoms with Gasteiger partial charge in [0.05, 0.1) is 13.2 Å². The van der Waals surface area contributed by atoms with E-state index >= 15 is 0 Å². The van der Waals surface area contributed by atoms with Crippen LogP contribution in [0.1, 0.15) is 48.8 Å². The van der Waals surface area contributed by atoms with Gasteiger partial charge in [-0.3, -0.25) is 19.6 Å². The van der Waals surface area contributed by atoms with Gasteiger partial charge in [-0.15, -0.1) is 0 Å². The fourth-order valence-electron chi connectivity index (χ4n) is 4.01. The lowest BCUT2D eigenvalue weighted by Crippen LogP contribution is -2.14. The van der Waals surface area contributed by atoms with Crippen molar-refractivity contribution in [1.82, 2.24) is 9.97 Å². The molecule has 0 saturated carbocycles. The highest BCUT2D eigenvalue weighted by Crippen LogP contribution is 2.32. The first-order chi connectivity index (χ1) is 17.4. The molecule has 2 aromatic heterocycles. The van der Waals surface area contributed by atoms with E-state index in [9.17, 15) is 19.8 Å². The van der Waals surface area contributed by atoms with Crippen molar-refractivity contribution in [2.75, 3.05) is 5.32 Å². The summed E-state index contributed by atoms with van der Waals surface area (Å²) in [5.41, 5.74) is 7.27. The van der Waals surface area contributed by atoms with E-state index < -0.39 is 0 Å². The smallest absolute Gasteiger partial charge is 0.274 e. The average Bonchev–Trinajstić information content (AvgIpc) is 2.91. The van der Waals surface area contributed by atoms with Gasteiger partial charge in [0.2, 0.25) is 0 Å². The van der Waals surface area contributed by atoms with Crippen LogP contribution >= 0.6 is 0 Å². The fourth-order valence-corrected chi connectivity index (χ4v) is 4.01. The molecule has 2 heterocycles. The lowest BCUT2D eigenvalue weighted by atomic mass is 9.91. The molecule has 0 bridgehead atoms. The molecule has 1 amide bonds. The predicted octanol–water partition coefficient (Wildman–Crippen LogP) is 4.42. The number of benzene rings is 2. The number of ketones is 1. The Morgan fingerprint density at radius 3 is 1.92 bits per heavy atom. The molecule has 3 N–H and O–H groups in total. The van der Waals surface area contributed by atoms with Gasteiger partial charge in [0.15, 0.2) is 5.78 Å². The standard InChI is InChI=1S/C29H27N3O4/c1-18-22(13-28(35)26-11-9-20(16-33)14-30-26)5-3-6-23(18)24-7-4-8-25(19(24)2)32-29(36)27-12-10-21(17-34)15-31-27/h3-12,14-15,33-34H,13,16-17H2,1-2H3,(H,32,36). The summed E-state index contributed by atoms with van der Waals surface area (Å²) in [5, 5.41) is 21.3. The number of hydrogen-bond acceptors (Lipinski definition) is 6. The number of hydrogen-bond donors (Lipinski definition) is 3. The zero-order valence-electron chi connectivity index (χ0n) is 20.2. The minimum atomic E-state index is -0.337. The van der Waals surface area contributed by atoms with Crippen LogP contribution in [0.15, 0.2) is 73.1 Å². The van der Waals surface area contributed by atoms with E-state index in [4.69, 9.17) is 0 Å². The summed E-state index contributed by atoms with van der Waals surface area (Å²) >= 11 is 0. The minimum Gasteiger partial charge on any atom is -0.392 e. The van der Waals surface area contributed by atoms with Crippen molar-refractivity contribution in [2.45, 2.75) is 33.5 Å². The number of nitrogens with zero attached hydrogens (tertiary/aromatic N) is 2. The lowest BCUT2D eigenvalue weighted by molar-refractivity contribution is 0.0986. The van der Waals surface area contributed by atoms with Crippen molar-refractivity contribution < 1.29 is 19.8 Å². The van der Waals surface area contributed by atoms with E-state index in [2.05, 4.69) is 15.3 Å². The number of pyridine rings is 2. The monoisotopic (exact) mass is 481 g/mol. The summed E-state index contributed by atoms with van der Waals surface area (Å²) in [6, 6.07) is 18.1. The van der Waals surface area contributed by atoms with E-state index in [1.807, 2.05) is 50.2 Å². The van der Waals surface area contributed by atoms with Crippen LogP contribution in [0.2, 0.25) is 0 Å². The molecule has 0 aliphatic carbocycles. The molecule has 36 heavy (non-hydrogen) atoms. The number of aliphatic hydroxyl groups is 2. The molecule has 0 aliphatic rings. The summed E-state index contributed by atoms with van der Waals surface area (Å²) in [6.45, 7) is 3.68. The third kappa shape index (κ3) is 5.38. The van der Waals surface area contributed by atoms with Crippen LogP contribution in [0.5, 0.6) is 0 Å². The molecule has 0 aliphatic heterocycles. The van der Waals surface area contributed by atoms with Crippen molar-refractivity contribution in [3.05, 3.63) is 112 Å². The van der Waals surface area contributed by atoms with Gasteiger partial charge in [-0.25, -0.2) is 0 Å². The molecule has 0 atom stereocenters. The molecule has 0 fully saturated rings. The minimum absolute atomic E-state index is 0.0998. The summed E-state index contributed by atoms with van der Waals surface area (Å²) < 4.78 is 0. The van der Waals surface area contributed by atoms with E-state index in [-0.39, 0.29) is 37.0 Å². The van der Waals surface area contributed by atoms with Gasteiger partial charge in [0.25, 0.3) is 5.91 Å². The molecule has 0 spiro atoms. The third-order valence-corrected chi connectivity index (χ3v) is 6.20. The quantitative estimate of drug-likeness (QED) is 0.321. The molecule has 0 unspecified atom stereocenters. The highest BCUT2D eigenvalue weighted by Gasteiger charge is 2.16. The van der Waals surface area contributed by atoms with Crippen LogP contribution in [0.25, 0.3) is 11.1 Å². The summed E-state index contributed by atoms with van der Waals surface area (Å²) in [6.07, 6.45) is 3.19. The molecule has 0 radical (unpaired) electrons. The van der Waals surface area contributed by atoms with Crippen molar-refractivity contribution in [2.24, 2.45) is 0 Å². The Labute approximate surface area is 209 Å². The second kappa shape index (κ2) is 11.0. The van der Waals surface area contributed by atoms with Crippen molar-refractivity contribution >= 4 is 17.4 Å². The van der Waals surface area contributed by atoms with Crippen LogP contribution in [-0.4, -0.2) is 31.9 Å². The van der Waals surface area contributed by atoms with Crippen molar-refractivity contribution in [1.29, 1.82) is 0 Å². The number of nitrogens with one attached hydrogen (secondary N) is 1. The van der Waals surface area contributed by atoms with Crippen LogP contribution in [-0.2, 0) is 19.6 Å². The molecule has 7 heteroatoms. The molecular formula is C29H27N3O4. The first-order valence-electron chi connectivity index (χ1n) is 11.6. The van der Waals surface area contributed by atoms with Gasteiger partial charge >= 0.3 is 0 Å². The maximum atomic E-state index is 12.8. The topological polar surface area (TPSA) is 112 Å². The van der Waals surface area contributed by atoms with Gasteiger partial charge in [0.1, 0.15) is 11.4 Å². The van der Waals surface area contributed by atoms with E-state index in [0.717, 1.165) is 27.8 Å². The summed E-state index contributed by atoms with van der Waals surface area (Å²) in [7, 11) is 0. The van der Waals surface area contributed by atoms with Gasteiger partial charge in [0, 0.05) is 24.5 Å². The Kier molecular flexibility index (Phi) is 7.63. The maximum absolute atomic E-state index is 12.8. The molecular weight excluding hydrogens is 454 g/mol. The van der Waals surface area contributed by atoms with Gasteiger partial charge in [-0.1, -0.05) is 42.5 Å². The van der Waals surface area contributed by atoms with E-state index in [0.29, 0.717) is 22.5 Å². The van der Waals surface area contributed by atoms with Crippen LogP contribution < -0.4 is 5.32 Å². The molecule has 4 rings (SSSR count). The Bertz CT molecular complexity index is 1290. The Hall–Kier alpha value is -4.20. The van der Waals surface area contributed by atoms with Crippen molar-refractivity contribution in [3.8, 4) is 11.1 Å². The van der Waals surface area contributed by atoms with Crippen LogP contribution in [0, 0.1) is 13.8 Å². The Morgan fingerprint density at radius 2 is 1.33 bits per heavy atom. The maximum Gasteiger partial charge on any atom is 0.274 e. The number of aromatic nitrogens is 2. The fraction of sp³-hybridized carbons (Fsp3) is 0.172. The van der Waals surface area contributed by atoms with Crippen LogP contribution in [0.3, 0.4) is 0 Å². The van der Waals surface area contributed by atoms with Gasteiger partial charge in [-0.05, 0) is 71.0 Å². The number of carbonyl (C=O) groups is 2. The molecule has 2 aromatic carbocycles. The summed E-state index contributed by atoms with van der Waals surface area (Å²) in [4.78, 5) is 33.9.